The summed E-state index contributed by atoms with van der Waals surface area (Å²) in [5, 5.41) is 3.92. The zero-order chi connectivity index (χ0) is 13.7. The molecule has 0 saturated heterocycles. The van der Waals surface area contributed by atoms with Crippen molar-refractivity contribution in [2.24, 2.45) is 16.7 Å². The Labute approximate surface area is 117 Å². The molecule has 0 aromatic heterocycles. The Bertz CT molecular complexity index is 450. The van der Waals surface area contributed by atoms with Crippen LogP contribution in [0.5, 0.6) is 0 Å². The van der Waals surface area contributed by atoms with E-state index in [-0.39, 0.29) is 0 Å². The molecule has 2 fully saturated rings. The molecule has 19 heavy (non-hydrogen) atoms. The minimum Gasteiger partial charge on any atom is -0.307 e. The minimum absolute atomic E-state index is 0.457. The van der Waals surface area contributed by atoms with Crippen molar-refractivity contribution in [1.82, 2.24) is 5.32 Å². The molecule has 3 unspecified atom stereocenters. The number of hydrogen-bond acceptors (Lipinski definition) is 1. The first-order valence-corrected chi connectivity index (χ1v) is 7.76. The lowest BCUT2D eigenvalue weighted by Crippen LogP contribution is -2.45. The van der Waals surface area contributed by atoms with Gasteiger partial charge in [-0.1, -0.05) is 51.1 Å². The maximum absolute atomic E-state index is 3.92. The Morgan fingerprint density at radius 1 is 1.16 bits per heavy atom. The summed E-state index contributed by atoms with van der Waals surface area (Å²) in [5.41, 5.74) is 2.38. The van der Waals surface area contributed by atoms with Crippen molar-refractivity contribution in [1.29, 1.82) is 0 Å². The lowest BCUT2D eigenvalue weighted by molar-refractivity contribution is 0.116. The van der Waals surface area contributed by atoms with Crippen molar-refractivity contribution in [3.05, 3.63) is 35.9 Å². The molecule has 1 nitrogen and oxygen atoms in total. The summed E-state index contributed by atoms with van der Waals surface area (Å²) in [6, 6.07) is 12.0. The van der Waals surface area contributed by atoms with Gasteiger partial charge in [-0.15, -0.1) is 0 Å². The highest BCUT2D eigenvalue weighted by Gasteiger charge is 2.61. The van der Waals surface area contributed by atoms with Crippen LogP contribution in [0.2, 0.25) is 0 Å². The molecule has 0 spiro atoms. The highest BCUT2D eigenvalue weighted by Crippen LogP contribution is 2.65. The number of nitrogens with one attached hydrogen (secondary N) is 1. The first kappa shape index (κ1) is 13.2. The first-order chi connectivity index (χ1) is 8.95. The molecule has 1 aromatic rings. The van der Waals surface area contributed by atoms with Crippen molar-refractivity contribution in [2.75, 3.05) is 0 Å². The van der Waals surface area contributed by atoms with E-state index >= 15 is 0 Å². The largest absolute Gasteiger partial charge is 0.307 e. The van der Waals surface area contributed by atoms with E-state index in [1.807, 2.05) is 0 Å². The summed E-state index contributed by atoms with van der Waals surface area (Å²) in [7, 11) is 0. The van der Waals surface area contributed by atoms with Gasteiger partial charge in [0.25, 0.3) is 0 Å². The molecule has 3 rings (SSSR count). The van der Waals surface area contributed by atoms with Crippen molar-refractivity contribution in [3.8, 4) is 0 Å². The van der Waals surface area contributed by atoms with Crippen LogP contribution < -0.4 is 5.32 Å². The molecule has 1 aromatic carbocycles. The molecule has 2 aliphatic carbocycles. The zero-order valence-electron chi connectivity index (χ0n) is 12.7. The zero-order valence-corrected chi connectivity index (χ0v) is 12.7. The average molecular weight is 257 g/mol. The Hall–Kier alpha value is -0.820. The maximum atomic E-state index is 3.92. The summed E-state index contributed by atoms with van der Waals surface area (Å²) < 4.78 is 0. The van der Waals surface area contributed by atoms with E-state index in [0.29, 0.717) is 22.9 Å². The van der Waals surface area contributed by atoms with E-state index in [4.69, 9.17) is 0 Å². The predicted octanol–water partition coefficient (Wildman–Crippen LogP) is 4.55. The van der Waals surface area contributed by atoms with Crippen LogP contribution in [-0.4, -0.2) is 6.04 Å². The molecule has 2 bridgehead atoms. The van der Waals surface area contributed by atoms with Crippen LogP contribution in [0, 0.1) is 16.7 Å². The number of benzene rings is 1. The first-order valence-electron chi connectivity index (χ1n) is 7.76. The second-order valence-corrected chi connectivity index (χ2v) is 7.46. The Balaban J connectivity index is 1.76. The Kier molecular flexibility index (Phi) is 3.01. The SMILES string of the molecule is C[C@@H](NC1CC2CCC1(C)C2(C)C)c1ccccc1. The number of fused-ring (bicyclic) bond motifs is 2. The van der Waals surface area contributed by atoms with Crippen molar-refractivity contribution >= 4 is 0 Å². The van der Waals surface area contributed by atoms with Gasteiger partial charge in [-0.3, -0.25) is 0 Å². The molecule has 1 N–H and O–H groups in total. The fraction of sp³-hybridized carbons (Fsp3) is 0.667. The average Bonchev–Trinajstić information content (AvgIpc) is 2.73. The highest BCUT2D eigenvalue weighted by atomic mass is 15.0. The van der Waals surface area contributed by atoms with Gasteiger partial charge in [0.05, 0.1) is 0 Å². The van der Waals surface area contributed by atoms with E-state index in [2.05, 4.69) is 63.3 Å². The Morgan fingerprint density at radius 3 is 2.37 bits per heavy atom. The molecular formula is C18H27N. The quantitative estimate of drug-likeness (QED) is 0.837. The van der Waals surface area contributed by atoms with Gasteiger partial charge in [0.15, 0.2) is 0 Å². The molecule has 0 heterocycles. The lowest BCUT2D eigenvalue weighted by Gasteiger charge is -2.40. The normalized spacial score (nSPS) is 37.5. The predicted molar refractivity (Wildman–Crippen MR) is 81.0 cm³/mol. The molecule has 2 saturated carbocycles. The third kappa shape index (κ3) is 1.86. The van der Waals surface area contributed by atoms with Gasteiger partial charge in [0, 0.05) is 12.1 Å². The summed E-state index contributed by atoms with van der Waals surface area (Å²) in [4.78, 5) is 0. The van der Waals surface area contributed by atoms with E-state index in [1.165, 1.54) is 24.8 Å². The van der Waals surface area contributed by atoms with Crippen molar-refractivity contribution < 1.29 is 0 Å². The van der Waals surface area contributed by atoms with Crippen LogP contribution in [0.4, 0.5) is 0 Å². The second kappa shape index (κ2) is 4.34. The molecule has 0 amide bonds. The lowest BCUT2D eigenvalue weighted by atomic mass is 9.69. The summed E-state index contributed by atoms with van der Waals surface area (Å²) in [5.74, 6) is 0.915. The summed E-state index contributed by atoms with van der Waals surface area (Å²) in [6.07, 6.45) is 4.19. The monoisotopic (exact) mass is 257 g/mol. The third-order valence-corrected chi connectivity index (χ3v) is 6.54. The van der Waals surface area contributed by atoms with Crippen LogP contribution >= 0.6 is 0 Å². The third-order valence-electron chi connectivity index (χ3n) is 6.54. The minimum atomic E-state index is 0.457. The number of hydrogen-bond donors (Lipinski definition) is 1. The summed E-state index contributed by atoms with van der Waals surface area (Å²) in [6.45, 7) is 9.78. The van der Waals surface area contributed by atoms with Crippen molar-refractivity contribution in [3.63, 3.8) is 0 Å². The smallest absolute Gasteiger partial charge is 0.0294 e. The molecule has 4 atom stereocenters. The van der Waals surface area contributed by atoms with Gasteiger partial charge < -0.3 is 5.32 Å². The topological polar surface area (TPSA) is 12.0 Å². The van der Waals surface area contributed by atoms with Crippen LogP contribution in [-0.2, 0) is 0 Å². The van der Waals surface area contributed by atoms with E-state index in [1.54, 1.807) is 0 Å². The van der Waals surface area contributed by atoms with Gasteiger partial charge in [0.2, 0.25) is 0 Å². The molecule has 104 valence electrons. The van der Waals surface area contributed by atoms with Gasteiger partial charge >= 0.3 is 0 Å². The molecule has 0 aliphatic heterocycles. The van der Waals surface area contributed by atoms with Crippen molar-refractivity contribution in [2.45, 2.75) is 59.0 Å². The number of rotatable bonds is 3. The molecule has 2 aliphatic rings. The van der Waals surface area contributed by atoms with Crippen LogP contribution in [0.1, 0.15) is 58.6 Å². The highest BCUT2D eigenvalue weighted by molar-refractivity contribution is 5.20. The van der Waals surface area contributed by atoms with Gasteiger partial charge in [-0.2, -0.15) is 0 Å². The summed E-state index contributed by atoms with van der Waals surface area (Å²) >= 11 is 0. The fourth-order valence-electron chi connectivity index (χ4n) is 4.60. The van der Waals surface area contributed by atoms with E-state index in [0.717, 1.165) is 5.92 Å². The van der Waals surface area contributed by atoms with E-state index in [9.17, 15) is 0 Å². The molecule has 0 radical (unpaired) electrons. The Morgan fingerprint density at radius 2 is 1.84 bits per heavy atom. The van der Waals surface area contributed by atoms with Crippen LogP contribution in [0.15, 0.2) is 30.3 Å². The second-order valence-electron chi connectivity index (χ2n) is 7.46. The van der Waals surface area contributed by atoms with Crippen LogP contribution in [0.3, 0.4) is 0 Å². The maximum Gasteiger partial charge on any atom is 0.0294 e. The van der Waals surface area contributed by atoms with E-state index < -0.39 is 0 Å². The molecule has 1 heteroatoms. The van der Waals surface area contributed by atoms with Gasteiger partial charge in [0.1, 0.15) is 0 Å². The van der Waals surface area contributed by atoms with Gasteiger partial charge in [-0.05, 0) is 48.5 Å². The molecular weight excluding hydrogens is 230 g/mol. The fourth-order valence-corrected chi connectivity index (χ4v) is 4.60. The van der Waals surface area contributed by atoms with Gasteiger partial charge in [-0.25, -0.2) is 0 Å². The standard InChI is InChI=1S/C18H27N/c1-13(14-8-6-5-7-9-14)19-16-12-15-10-11-18(16,4)17(15,2)3/h5-9,13,15-16,19H,10-12H2,1-4H3/t13-,15?,16?,18?/m1/s1. The van der Waals surface area contributed by atoms with Crippen LogP contribution in [0.25, 0.3) is 0 Å².